The van der Waals surface area contributed by atoms with E-state index in [4.69, 9.17) is 4.42 Å². The number of hydrogen-bond acceptors (Lipinski definition) is 1. The lowest BCUT2D eigenvalue weighted by Gasteiger charge is -2.08. The zero-order chi connectivity index (χ0) is 33.9. The fraction of sp³-hybridized carbons (Fsp3) is 0. The van der Waals surface area contributed by atoms with Gasteiger partial charge in [0.2, 0.25) is 12.4 Å². The van der Waals surface area contributed by atoms with Crippen LogP contribution in [0.2, 0.25) is 0 Å². The summed E-state index contributed by atoms with van der Waals surface area (Å²) in [6.45, 7) is 0. The van der Waals surface area contributed by atoms with Crippen LogP contribution in [0.4, 0.5) is 0 Å². The third-order valence-electron chi connectivity index (χ3n) is 10.9. The van der Waals surface area contributed by atoms with Crippen molar-refractivity contribution in [1.82, 2.24) is 13.8 Å². The van der Waals surface area contributed by atoms with Crippen LogP contribution in [-0.4, -0.2) is 13.8 Å². The number of benzene rings is 7. The largest absolute Gasteiger partial charge is 0.456 e. The van der Waals surface area contributed by atoms with Crippen LogP contribution < -0.4 is 4.68 Å². The summed E-state index contributed by atoms with van der Waals surface area (Å²) in [5.74, 6) is 0. The summed E-state index contributed by atoms with van der Waals surface area (Å²) < 4.78 is 15.9. The van der Waals surface area contributed by atoms with Crippen molar-refractivity contribution in [2.45, 2.75) is 0 Å². The second-order valence-electron chi connectivity index (χ2n) is 13.7. The Hall–Kier alpha value is -7.11. The van der Waals surface area contributed by atoms with Crippen molar-refractivity contribution in [3.8, 4) is 11.4 Å². The Balaban J connectivity index is 1.15. The first-order valence-corrected chi connectivity index (χ1v) is 17.7. The van der Waals surface area contributed by atoms with Gasteiger partial charge in [-0.05, 0) is 60.7 Å². The number of pyridine rings is 1. The lowest BCUT2D eigenvalue weighted by molar-refractivity contribution is -0.719. The van der Waals surface area contributed by atoms with Crippen molar-refractivity contribution in [2.75, 3.05) is 0 Å². The van der Waals surface area contributed by atoms with Crippen molar-refractivity contribution in [1.29, 1.82) is 0 Å². The number of nitrogens with zero attached hydrogens (tertiary/aromatic N) is 4. The molecule has 0 fully saturated rings. The third kappa shape index (κ3) is 3.69. The maximum atomic E-state index is 6.64. The molecule has 242 valence electrons. The van der Waals surface area contributed by atoms with Gasteiger partial charge in [-0.15, -0.1) is 4.68 Å². The van der Waals surface area contributed by atoms with Gasteiger partial charge in [-0.3, -0.25) is 0 Å². The van der Waals surface area contributed by atoms with E-state index >= 15 is 0 Å². The van der Waals surface area contributed by atoms with E-state index in [1.807, 2.05) is 0 Å². The Morgan fingerprint density at radius 3 is 1.56 bits per heavy atom. The average Bonchev–Trinajstić information content (AvgIpc) is 3.93. The predicted octanol–water partition coefficient (Wildman–Crippen LogP) is 11.5. The van der Waals surface area contributed by atoms with Crippen LogP contribution in [0.25, 0.3) is 98.7 Å². The van der Waals surface area contributed by atoms with E-state index in [9.17, 15) is 0 Å². The minimum Gasteiger partial charge on any atom is -0.456 e. The lowest BCUT2D eigenvalue weighted by Crippen LogP contribution is -2.40. The first-order chi connectivity index (χ1) is 25.8. The summed E-state index contributed by atoms with van der Waals surface area (Å²) in [7, 11) is 0. The van der Waals surface area contributed by atoms with E-state index in [0.29, 0.717) is 0 Å². The molecule has 0 aliphatic heterocycles. The zero-order valence-corrected chi connectivity index (χ0v) is 27.9. The number of fused-ring (bicyclic) bond motifs is 12. The van der Waals surface area contributed by atoms with Crippen molar-refractivity contribution >= 4 is 87.4 Å². The summed E-state index contributed by atoms with van der Waals surface area (Å²) in [5, 5.41) is 9.52. The predicted molar refractivity (Wildman–Crippen MR) is 213 cm³/mol. The van der Waals surface area contributed by atoms with Crippen LogP contribution >= 0.6 is 0 Å². The first kappa shape index (κ1) is 27.7. The topological polar surface area (TPSA) is 31.8 Å². The van der Waals surface area contributed by atoms with E-state index < -0.39 is 0 Å². The smallest absolute Gasteiger partial charge is 0.210 e. The highest BCUT2D eigenvalue weighted by Crippen LogP contribution is 2.40. The summed E-state index contributed by atoms with van der Waals surface area (Å²) >= 11 is 0. The highest BCUT2D eigenvalue weighted by molar-refractivity contribution is 6.18. The van der Waals surface area contributed by atoms with Crippen molar-refractivity contribution in [3.63, 3.8) is 0 Å². The van der Waals surface area contributed by atoms with Gasteiger partial charge in [0.05, 0.1) is 27.5 Å². The fourth-order valence-corrected chi connectivity index (χ4v) is 8.68. The average molecular weight is 666 g/mol. The van der Waals surface area contributed by atoms with Crippen LogP contribution in [0.1, 0.15) is 0 Å². The third-order valence-corrected chi connectivity index (χ3v) is 10.9. The Kier molecular flexibility index (Phi) is 5.44. The van der Waals surface area contributed by atoms with Crippen molar-refractivity contribution < 1.29 is 9.09 Å². The maximum Gasteiger partial charge on any atom is 0.210 e. The SMILES string of the molecule is c1ccc(-n2c3cc[n+](-n4c5ccccc5c5ccccc54)cc3c3cc4c(cc32)oc2ccc(-n3c5ccccc5c5ccccc53)cc24)cc1. The second kappa shape index (κ2) is 10.2. The minimum atomic E-state index is 0.872. The second-order valence-corrected chi connectivity index (χ2v) is 13.7. The van der Waals surface area contributed by atoms with Gasteiger partial charge in [0.1, 0.15) is 22.2 Å². The molecule has 0 aliphatic rings. The van der Waals surface area contributed by atoms with Crippen LogP contribution in [-0.2, 0) is 0 Å². The summed E-state index contributed by atoms with van der Waals surface area (Å²) in [6, 6.07) is 58.6. The molecule has 0 N–H and O–H groups in total. The van der Waals surface area contributed by atoms with E-state index in [-0.39, 0.29) is 0 Å². The van der Waals surface area contributed by atoms with E-state index in [2.05, 4.69) is 195 Å². The van der Waals surface area contributed by atoms with Gasteiger partial charge >= 0.3 is 0 Å². The summed E-state index contributed by atoms with van der Waals surface area (Å²) in [5.41, 5.74) is 10.9. The highest BCUT2D eigenvalue weighted by Gasteiger charge is 2.22. The zero-order valence-electron chi connectivity index (χ0n) is 27.9. The molecule has 0 amide bonds. The molecule has 0 saturated heterocycles. The van der Waals surface area contributed by atoms with Gasteiger partial charge in [0.25, 0.3) is 0 Å². The molecule has 5 heterocycles. The molecule has 12 aromatic rings. The molecule has 0 saturated carbocycles. The molecule has 52 heavy (non-hydrogen) atoms. The molecule has 5 heteroatoms. The Morgan fingerprint density at radius 1 is 0.346 bits per heavy atom. The van der Waals surface area contributed by atoms with Gasteiger partial charge in [-0.1, -0.05) is 95.7 Å². The van der Waals surface area contributed by atoms with Gasteiger partial charge < -0.3 is 13.6 Å². The number of rotatable bonds is 3. The molecular formula is C47H29N4O+. The van der Waals surface area contributed by atoms with Gasteiger partial charge in [0, 0.05) is 61.2 Å². The standard InChI is InChI=1S/C47H29N4O/c1-2-12-30(13-3-1)49-42-24-25-48(51-43-20-10-6-16-34(43)35-17-7-11-21-44(35)51)29-39(42)36-27-38-37-26-31(22-23-46(37)52-47(38)28-45(36)49)50-40-18-8-4-14-32(40)33-15-5-9-19-41(33)50/h1-29H/q+1. The van der Waals surface area contributed by atoms with Crippen LogP contribution in [0.5, 0.6) is 0 Å². The van der Waals surface area contributed by atoms with Crippen molar-refractivity contribution in [2.24, 2.45) is 0 Å². The molecule has 7 aromatic carbocycles. The molecule has 0 unspecified atom stereocenters. The van der Waals surface area contributed by atoms with Crippen LogP contribution in [0.3, 0.4) is 0 Å². The summed E-state index contributed by atoms with van der Waals surface area (Å²) in [6.07, 6.45) is 4.46. The number of para-hydroxylation sites is 5. The monoisotopic (exact) mass is 665 g/mol. The van der Waals surface area contributed by atoms with E-state index in [0.717, 1.165) is 49.7 Å². The quantitative estimate of drug-likeness (QED) is 0.173. The molecule has 5 nitrogen and oxygen atoms in total. The Labute approximate surface area is 297 Å². The number of aromatic nitrogens is 4. The van der Waals surface area contributed by atoms with E-state index in [1.165, 1.54) is 49.0 Å². The molecule has 12 rings (SSSR count). The van der Waals surface area contributed by atoms with Gasteiger partial charge in [0.15, 0.2) is 0 Å². The minimum absolute atomic E-state index is 0.872. The molecule has 0 radical (unpaired) electrons. The van der Waals surface area contributed by atoms with Crippen LogP contribution in [0.15, 0.2) is 181 Å². The highest BCUT2D eigenvalue weighted by atomic mass is 16.3. The first-order valence-electron chi connectivity index (χ1n) is 17.7. The van der Waals surface area contributed by atoms with Gasteiger partial charge in [-0.2, -0.15) is 0 Å². The molecule has 0 bridgehead atoms. The summed E-state index contributed by atoms with van der Waals surface area (Å²) in [4.78, 5) is 0. The van der Waals surface area contributed by atoms with Crippen LogP contribution in [0, 0.1) is 0 Å². The molecule has 0 atom stereocenters. The normalized spacial score (nSPS) is 12.2. The molecule has 0 aliphatic carbocycles. The Bertz CT molecular complexity index is 3310. The number of furan rings is 1. The number of hydrogen-bond donors (Lipinski definition) is 0. The lowest BCUT2D eigenvalue weighted by atomic mass is 10.1. The molecular weight excluding hydrogens is 637 g/mol. The maximum absolute atomic E-state index is 6.64. The molecule has 5 aromatic heterocycles. The Morgan fingerprint density at radius 2 is 0.885 bits per heavy atom. The van der Waals surface area contributed by atoms with Crippen molar-refractivity contribution in [3.05, 3.63) is 176 Å². The van der Waals surface area contributed by atoms with Gasteiger partial charge in [-0.25, -0.2) is 0 Å². The van der Waals surface area contributed by atoms with E-state index in [1.54, 1.807) is 0 Å². The fourth-order valence-electron chi connectivity index (χ4n) is 8.68. The molecule has 0 spiro atoms.